The number of aromatic nitrogens is 1. The lowest BCUT2D eigenvalue weighted by Gasteiger charge is -1.95. The Morgan fingerprint density at radius 2 is 2.40 bits per heavy atom. The van der Waals surface area contributed by atoms with Crippen molar-refractivity contribution in [1.82, 2.24) is 4.98 Å². The fourth-order valence-corrected chi connectivity index (χ4v) is 0.813. The molecular weight excluding hydrogens is 128 g/mol. The molecule has 1 aromatic heterocycles. The summed E-state index contributed by atoms with van der Waals surface area (Å²) >= 11 is 0. The molecule has 0 atom stereocenters. The molecule has 1 heterocycles. The summed E-state index contributed by atoms with van der Waals surface area (Å²) in [4.78, 5) is 13.4. The van der Waals surface area contributed by atoms with E-state index in [1.807, 2.05) is 6.92 Å². The molecule has 0 aliphatic heterocycles. The number of aromatic amines is 1. The molecule has 0 saturated heterocycles. The van der Waals surface area contributed by atoms with Gasteiger partial charge in [-0.2, -0.15) is 0 Å². The van der Waals surface area contributed by atoms with E-state index in [0.29, 0.717) is 5.69 Å². The number of nitrogens with one attached hydrogen (secondary N) is 1. The Kier molecular flexibility index (Phi) is 1.76. The summed E-state index contributed by atoms with van der Waals surface area (Å²) in [6, 6.07) is 1.69. The predicted molar refractivity (Wildman–Crippen MR) is 40.9 cm³/mol. The molecule has 10 heavy (non-hydrogen) atoms. The Bertz CT molecular complexity index is 277. The van der Waals surface area contributed by atoms with Gasteiger partial charge in [-0.3, -0.25) is 4.79 Å². The molecule has 0 aliphatic carbocycles. The summed E-state index contributed by atoms with van der Waals surface area (Å²) in [7, 11) is 0. The fourth-order valence-electron chi connectivity index (χ4n) is 0.813. The lowest BCUT2D eigenvalue weighted by atomic mass is 10.2. The fraction of sp³-hybridized carbons (Fsp3) is 0.286. The van der Waals surface area contributed by atoms with Crippen molar-refractivity contribution < 1.29 is 0 Å². The molecule has 0 amide bonds. The van der Waals surface area contributed by atoms with Gasteiger partial charge in [-0.05, 0) is 12.5 Å². The highest BCUT2D eigenvalue weighted by Gasteiger charge is 1.94. The smallest absolute Gasteiger partial charge is 0.251 e. The van der Waals surface area contributed by atoms with Gasteiger partial charge in [-0.1, -0.05) is 6.92 Å². The van der Waals surface area contributed by atoms with Crippen molar-refractivity contribution in [2.75, 3.05) is 5.73 Å². The minimum Gasteiger partial charge on any atom is -0.398 e. The van der Waals surface area contributed by atoms with Crippen molar-refractivity contribution in [2.45, 2.75) is 13.3 Å². The number of aryl methyl sites for hydroxylation is 1. The number of nitrogen functional groups attached to an aromatic ring is 1. The van der Waals surface area contributed by atoms with E-state index in [2.05, 4.69) is 4.98 Å². The monoisotopic (exact) mass is 138 g/mol. The maximum Gasteiger partial charge on any atom is 0.251 e. The highest BCUT2D eigenvalue weighted by atomic mass is 16.1. The Labute approximate surface area is 58.9 Å². The quantitative estimate of drug-likeness (QED) is 0.594. The van der Waals surface area contributed by atoms with Crippen LogP contribution < -0.4 is 11.3 Å². The van der Waals surface area contributed by atoms with Crippen LogP contribution in [0.5, 0.6) is 0 Å². The van der Waals surface area contributed by atoms with Gasteiger partial charge in [0.25, 0.3) is 5.56 Å². The van der Waals surface area contributed by atoms with Crippen LogP contribution in [0.2, 0.25) is 0 Å². The van der Waals surface area contributed by atoms with Crippen molar-refractivity contribution in [3.05, 3.63) is 28.2 Å². The lowest BCUT2D eigenvalue weighted by Crippen LogP contribution is -2.11. The molecule has 0 aliphatic rings. The number of anilines is 1. The van der Waals surface area contributed by atoms with Gasteiger partial charge in [-0.25, -0.2) is 0 Å². The first kappa shape index (κ1) is 6.86. The van der Waals surface area contributed by atoms with E-state index in [-0.39, 0.29) is 5.56 Å². The van der Waals surface area contributed by atoms with E-state index in [9.17, 15) is 4.79 Å². The second-order valence-electron chi connectivity index (χ2n) is 2.14. The normalized spacial score (nSPS) is 9.70. The van der Waals surface area contributed by atoms with Gasteiger partial charge in [0.05, 0.1) is 0 Å². The number of rotatable bonds is 1. The molecule has 1 rings (SSSR count). The van der Waals surface area contributed by atoms with E-state index in [1.54, 1.807) is 6.07 Å². The minimum absolute atomic E-state index is 0.0447. The number of hydrogen-bond acceptors (Lipinski definition) is 2. The van der Waals surface area contributed by atoms with Crippen LogP contribution in [-0.4, -0.2) is 4.98 Å². The molecule has 0 spiro atoms. The molecule has 1 aromatic rings. The van der Waals surface area contributed by atoms with Crippen LogP contribution in [0.25, 0.3) is 0 Å². The van der Waals surface area contributed by atoms with Gasteiger partial charge in [-0.15, -0.1) is 0 Å². The van der Waals surface area contributed by atoms with E-state index >= 15 is 0 Å². The summed E-state index contributed by atoms with van der Waals surface area (Å²) < 4.78 is 0. The summed E-state index contributed by atoms with van der Waals surface area (Å²) in [5, 5.41) is 0. The molecule has 0 radical (unpaired) electrons. The van der Waals surface area contributed by atoms with Gasteiger partial charge in [0.15, 0.2) is 0 Å². The van der Waals surface area contributed by atoms with E-state index in [1.165, 1.54) is 6.20 Å². The first-order valence-corrected chi connectivity index (χ1v) is 3.21. The minimum atomic E-state index is -0.0447. The van der Waals surface area contributed by atoms with Gasteiger partial charge >= 0.3 is 0 Å². The number of nitrogens with two attached hydrogens (primary N) is 1. The SMILES string of the molecule is CCc1cc(N)c[nH]c1=O. The average Bonchev–Trinajstić information content (AvgIpc) is 1.94. The lowest BCUT2D eigenvalue weighted by molar-refractivity contribution is 1.06. The Morgan fingerprint density at radius 3 is 2.90 bits per heavy atom. The van der Waals surface area contributed by atoms with Gasteiger partial charge in [0, 0.05) is 17.4 Å². The molecule has 3 N–H and O–H groups in total. The summed E-state index contributed by atoms with van der Waals surface area (Å²) in [5.41, 5.74) is 6.73. The van der Waals surface area contributed by atoms with E-state index in [0.717, 1.165) is 12.0 Å². The standard InChI is InChI=1S/C7H10N2O/c1-2-5-3-6(8)4-9-7(5)10/h3-4H,2,8H2,1H3,(H,9,10). The van der Waals surface area contributed by atoms with Gasteiger partial charge < -0.3 is 10.7 Å². The maximum absolute atomic E-state index is 10.9. The van der Waals surface area contributed by atoms with E-state index < -0.39 is 0 Å². The molecule has 0 unspecified atom stereocenters. The van der Waals surface area contributed by atoms with Gasteiger partial charge in [0.2, 0.25) is 0 Å². The van der Waals surface area contributed by atoms with Crippen LogP contribution in [0.4, 0.5) is 5.69 Å². The van der Waals surface area contributed by atoms with Gasteiger partial charge in [0.1, 0.15) is 0 Å². The van der Waals surface area contributed by atoms with Crippen LogP contribution in [0, 0.1) is 0 Å². The zero-order valence-corrected chi connectivity index (χ0v) is 5.85. The molecular formula is C7H10N2O. The highest BCUT2D eigenvalue weighted by Crippen LogP contribution is 1.98. The summed E-state index contributed by atoms with van der Waals surface area (Å²) in [6.07, 6.45) is 2.22. The van der Waals surface area contributed by atoms with Crippen molar-refractivity contribution in [2.24, 2.45) is 0 Å². The number of H-pyrrole nitrogens is 1. The third kappa shape index (κ3) is 1.18. The first-order chi connectivity index (χ1) is 4.74. The third-order valence-corrected chi connectivity index (χ3v) is 1.38. The van der Waals surface area contributed by atoms with Crippen LogP contribution in [0.1, 0.15) is 12.5 Å². The Morgan fingerprint density at radius 1 is 1.70 bits per heavy atom. The number of hydrogen-bond donors (Lipinski definition) is 2. The zero-order valence-electron chi connectivity index (χ0n) is 5.85. The summed E-state index contributed by atoms with van der Waals surface area (Å²) in [6.45, 7) is 1.92. The van der Waals surface area contributed by atoms with Crippen molar-refractivity contribution >= 4 is 5.69 Å². The van der Waals surface area contributed by atoms with Crippen LogP contribution in [0.3, 0.4) is 0 Å². The maximum atomic E-state index is 10.9. The van der Waals surface area contributed by atoms with Crippen molar-refractivity contribution in [3.8, 4) is 0 Å². The molecule has 0 bridgehead atoms. The predicted octanol–water partition coefficient (Wildman–Crippen LogP) is 0.519. The number of pyridine rings is 1. The second kappa shape index (κ2) is 2.56. The van der Waals surface area contributed by atoms with Crippen LogP contribution in [-0.2, 0) is 6.42 Å². The van der Waals surface area contributed by atoms with Crippen LogP contribution >= 0.6 is 0 Å². The largest absolute Gasteiger partial charge is 0.398 e. The molecule has 0 saturated carbocycles. The average molecular weight is 138 g/mol. The van der Waals surface area contributed by atoms with E-state index in [4.69, 9.17) is 5.73 Å². The Balaban J connectivity index is 3.22. The molecule has 3 heteroatoms. The third-order valence-electron chi connectivity index (χ3n) is 1.38. The molecule has 3 nitrogen and oxygen atoms in total. The Hall–Kier alpha value is -1.25. The topological polar surface area (TPSA) is 58.9 Å². The molecule has 0 fully saturated rings. The van der Waals surface area contributed by atoms with Crippen molar-refractivity contribution in [3.63, 3.8) is 0 Å². The molecule has 0 aromatic carbocycles. The second-order valence-corrected chi connectivity index (χ2v) is 2.14. The summed E-state index contributed by atoms with van der Waals surface area (Å²) in [5.74, 6) is 0. The van der Waals surface area contributed by atoms with Crippen LogP contribution in [0.15, 0.2) is 17.1 Å². The molecule has 54 valence electrons. The zero-order chi connectivity index (χ0) is 7.56. The highest BCUT2D eigenvalue weighted by molar-refractivity contribution is 5.36. The van der Waals surface area contributed by atoms with Crippen molar-refractivity contribution in [1.29, 1.82) is 0 Å². The first-order valence-electron chi connectivity index (χ1n) is 3.21.